The van der Waals surface area contributed by atoms with Gasteiger partial charge in [0.05, 0.1) is 6.61 Å². The zero-order valence-electron chi connectivity index (χ0n) is 18.7. The van der Waals surface area contributed by atoms with Crippen molar-refractivity contribution in [1.29, 1.82) is 0 Å². The Labute approximate surface area is 182 Å². The van der Waals surface area contributed by atoms with Crippen LogP contribution in [-0.4, -0.2) is 87.9 Å². The summed E-state index contributed by atoms with van der Waals surface area (Å²) < 4.78 is 5.68. The fraction of sp³-hybridized carbons (Fsp3) is 0.708. The van der Waals surface area contributed by atoms with E-state index < -0.39 is 0 Å². The van der Waals surface area contributed by atoms with Gasteiger partial charge in [-0.05, 0) is 51.3 Å². The maximum absolute atomic E-state index is 5.68. The van der Waals surface area contributed by atoms with E-state index >= 15 is 0 Å². The van der Waals surface area contributed by atoms with Crippen LogP contribution in [0.3, 0.4) is 0 Å². The van der Waals surface area contributed by atoms with Crippen molar-refractivity contribution in [3.8, 4) is 0 Å². The average molecular weight is 414 g/mol. The summed E-state index contributed by atoms with van der Waals surface area (Å²) in [5.74, 6) is 1.11. The molecule has 3 fully saturated rings. The number of nitrogens with zero attached hydrogens (tertiary/aromatic N) is 4. The molecule has 1 atom stereocenters. The minimum Gasteiger partial charge on any atom is -0.381 e. The Morgan fingerprint density at radius 1 is 1.07 bits per heavy atom. The Hall–Kier alpha value is -1.79. The van der Waals surface area contributed by atoms with Crippen LogP contribution in [0, 0.1) is 5.41 Å². The van der Waals surface area contributed by atoms with Gasteiger partial charge in [0.2, 0.25) is 0 Å². The Morgan fingerprint density at radius 3 is 2.63 bits per heavy atom. The molecule has 0 aromatic heterocycles. The number of likely N-dealkylation sites (tertiary alicyclic amines) is 1. The fourth-order valence-corrected chi connectivity index (χ4v) is 5.01. The van der Waals surface area contributed by atoms with Gasteiger partial charge in [-0.15, -0.1) is 0 Å². The molecular formula is C24H39N5O. The summed E-state index contributed by atoms with van der Waals surface area (Å²) in [6, 6.07) is 10.8. The number of unbranched alkanes of at least 4 members (excludes halogenated alkanes) is 1. The van der Waals surface area contributed by atoms with E-state index in [4.69, 9.17) is 9.73 Å². The van der Waals surface area contributed by atoms with Crippen molar-refractivity contribution < 1.29 is 4.74 Å². The molecule has 6 nitrogen and oxygen atoms in total. The Balaban J connectivity index is 1.15. The summed E-state index contributed by atoms with van der Waals surface area (Å²) in [6.45, 7) is 13.9. The Bertz CT molecular complexity index is 665. The van der Waals surface area contributed by atoms with Gasteiger partial charge >= 0.3 is 0 Å². The Morgan fingerprint density at radius 2 is 1.90 bits per heavy atom. The molecule has 1 aromatic carbocycles. The second kappa shape index (κ2) is 10.5. The number of hydrogen-bond acceptors (Lipinski definition) is 4. The number of guanidine groups is 1. The topological polar surface area (TPSA) is 43.3 Å². The number of aliphatic imine (C=N–C) groups is 1. The molecule has 1 unspecified atom stereocenters. The Kier molecular flexibility index (Phi) is 7.50. The van der Waals surface area contributed by atoms with Crippen LogP contribution >= 0.6 is 0 Å². The molecule has 1 N–H and O–H groups in total. The normalized spacial score (nSPS) is 25.4. The van der Waals surface area contributed by atoms with E-state index in [-0.39, 0.29) is 0 Å². The maximum Gasteiger partial charge on any atom is 0.193 e. The van der Waals surface area contributed by atoms with Gasteiger partial charge in [0.25, 0.3) is 0 Å². The van der Waals surface area contributed by atoms with Gasteiger partial charge < -0.3 is 19.9 Å². The highest BCUT2D eigenvalue weighted by Gasteiger charge is 2.42. The second-order valence-corrected chi connectivity index (χ2v) is 9.08. The minimum absolute atomic E-state index is 0.387. The first kappa shape index (κ1) is 21.4. The number of piperazine rings is 1. The van der Waals surface area contributed by atoms with Gasteiger partial charge in [0.1, 0.15) is 0 Å². The highest BCUT2D eigenvalue weighted by molar-refractivity contribution is 5.80. The lowest BCUT2D eigenvalue weighted by atomic mass is 9.87. The van der Waals surface area contributed by atoms with Gasteiger partial charge in [-0.3, -0.25) is 9.89 Å². The fourth-order valence-electron chi connectivity index (χ4n) is 5.01. The van der Waals surface area contributed by atoms with Crippen molar-refractivity contribution in [2.75, 3.05) is 77.0 Å². The minimum atomic E-state index is 0.387. The number of hydrogen-bond donors (Lipinski definition) is 1. The van der Waals surface area contributed by atoms with Gasteiger partial charge in [-0.25, -0.2) is 0 Å². The molecule has 4 rings (SSSR count). The molecule has 1 spiro atoms. The zero-order chi connectivity index (χ0) is 20.7. The largest absolute Gasteiger partial charge is 0.381 e. The van der Waals surface area contributed by atoms with E-state index in [1.165, 1.54) is 44.6 Å². The average Bonchev–Trinajstić information content (AvgIpc) is 3.43. The van der Waals surface area contributed by atoms with E-state index in [0.29, 0.717) is 5.41 Å². The van der Waals surface area contributed by atoms with Crippen LogP contribution in [0.2, 0.25) is 0 Å². The molecule has 0 aliphatic carbocycles. The van der Waals surface area contributed by atoms with E-state index in [9.17, 15) is 0 Å². The second-order valence-electron chi connectivity index (χ2n) is 9.08. The number of anilines is 1. The molecule has 0 saturated carbocycles. The van der Waals surface area contributed by atoms with Crippen LogP contribution < -0.4 is 10.2 Å². The highest BCUT2D eigenvalue weighted by Crippen LogP contribution is 2.38. The van der Waals surface area contributed by atoms with E-state index in [2.05, 4.69) is 57.3 Å². The van der Waals surface area contributed by atoms with Crippen molar-refractivity contribution in [2.24, 2.45) is 10.4 Å². The van der Waals surface area contributed by atoms with Crippen LogP contribution in [0.1, 0.15) is 32.6 Å². The standard InChI is InChI=1S/C24H39N5O/c1-2-25-23(29-14-10-24(20-29)11-19-30-21-24)26-12-6-7-13-27-15-17-28(18-16-27)22-8-4-3-5-9-22/h3-5,8-9H,2,6-7,10-21H2,1H3,(H,25,26). The monoisotopic (exact) mass is 413 g/mol. The molecule has 30 heavy (non-hydrogen) atoms. The van der Waals surface area contributed by atoms with Gasteiger partial charge in [0, 0.05) is 70.1 Å². The molecule has 166 valence electrons. The van der Waals surface area contributed by atoms with Crippen molar-refractivity contribution >= 4 is 11.6 Å². The predicted octanol–water partition coefficient (Wildman–Crippen LogP) is 2.67. The SMILES string of the molecule is CCNC(=NCCCCN1CCN(c2ccccc2)CC1)N1CCC2(CCOC2)C1. The number of benzene rings is 1. The third-order valence-corrected chi connectivity index (χ3v) is 6.90. The third-order valence-electron chi connectivity index (χ3n) is 6.90. The van der Waals surface area contributed by atoms with Gasteiger partial charge in [-0.2, -0.15) is 0 Å². The van der Waals surface area contributed by atoms with Crippen LogP contribution in [0.4, 0.5) is 5.69 Å². The molecule has 3 saturated heterocycles. The van der Waals surface area contributed by atoms with Crippen molar-refractivity contribution in [2.45, 2.75) is 32.6 Å². The summed E-state index contributed by atoms with van der Waals surface area (Å²) in [5.41, 5.74) is 1.74. The summed E-state index contributed by atoms with van der Waals surface area (Å²) in [5, 5.41) is 3.51. The van der Waals surface area contributed by atoms with E-state index in [0.717, 1.165) is 64.9 Å². The molecule has 3 heterocycles. The van der Waals surface area contributed by atoms with Crippen molar-refractivity contribution in [1.82, 2.24) is 15.1 Å². The summed E-state index contributed by atoms with van der Waals surface area (Å²) >= 11 is 0. The summed E-state index contributed by atoms with van der Waals surface area (Å²) in [6.07, 6.45) is 4.84. The van der Waals surface area contributed by atoms with Gasteiger partial charge in [-0.1, -0.05) is 18.2 Å². The first-order valence-electron chi connectivity index (χ1n) is 11.9. The quantitative estimate of drug-likeness (QED) is 0.423. The lowest BCUT2D eigenvalue weighted by molar-refractivity contribution is 0.156. The van der Waals surface area contributed by atoms with Crippen molar-refractivity contribution in [3.63, 3.8) is 0 Å². The summed E-state index contributed by atoms with van der Waals surface area (Å²) in [7, 11) is 0. The van der Waals surface area contributed by atoms with Crippen LogP contribution in [0.25, 0.3) is 0 Å². The third kappa shape index (κ3) is 5.46. The van der Waals surface area contributed by atoms with E-state index in [1.54, 1.807) is 0 Å². The molecule has 3 aliphatic rings. The van der Waals surface area contributed by atoms with Crippen molar-refractivity contribution in [3.05, 3.63) is 30.3 Å². The lowest BCUT2D eigenvalue weighted by Gasteiger charge is -2.36. The summed E-state index contributed by atoms with van der Waals surface area (Å²) in [4.78, 5) is 12.5. The maximum atomic E-state index is 5.68. The molecule has 6 heteroatoms. The number of ether oxygens (including phenoxy) is 1. The number of para-hydroxylation sites is 1. The van der Waals surface area contributed by atoms with Crippen LogP contribution in [0.5, 0.6) is 0 Å². The molecular weight excluding hydrogens is 374 g/mol. The molecule has 0 amide bonds. The molecule has 3 aliphatic heterocycles. The number of nitrogens with one attached hydrogen (secondary N) is 1. The molecule has 1 aromatic rings. The zero-order valence-corrected chi connectivity index (χ0v) is 18.7. The van der Waals surface area contributed by atoms with Crippen LogP contribution in [0.15, 0.2) is 35.3 Å². The lowest BCUT2D eigenvalue weighted by Crippen LogP contribution is -2.46. The first-order chi connectivity index (χ1) is 14.8. The predicted molar refractivity (Wildman–Crippen MR) is 124 cm³/mol. The molecule has 0 bridgehead atoms. The van der Waals surface area contributed by atoms with Gasteiger partial charge in [0.15, 0.2) is 5.96 Å². The highest BCUT2D eigenvalue weighted by atomic mass is 16.5. The van der Waals surface area contributed by atoms with Crippen LogP contribution in [-0.2, 0) is 4.74 Å². The first-order valence-corrected chi connectivity index (χ1v) is 11.9. The smallest absolute Gasteiger partial charge is 0.193 e. The number of rotatable bonds is 7. The molecule has 0 radical (unpaired) electrons. The van der Waals surface area contributed by atoms with E-state index in [1.807, 2.05) is 0 Å².